The minimum atomic E-state index is -0.618. The second-order valence-electron chi connectivity index (χ2n) is 9.86. The third kappa shape index (κ3) is 28.0. The van der Waals surface area contributed by atoms with Crippen LogP contribution >= 0.6 is 0 Å². The highest BCUT2D eigenvalue weighted by molar-refractivity contribution is 5.78. The van der Waals surface area contributed by atoms with Gasteiger partial charge in [-0.2, -0.15) is 0 Å². The van der Waals surface area contributed by atoms with Crippen molar-refractivity contribution in [3.8, 4) is 0 Å². The fourth-order valence-electron chi connectivity index (χ4n) is 3.09. The van der Waals surface area contributed by atoms with Crippen LogP contribution in [0.5, 0.6) is 0 Å². The Kier molecular flexibility index (Phi) is 26.3. The van der Waals surface area contributed by atoms with Gasteiger partial charge in [0.2, 0.25) is 5.91 Å². The van der Waals surface area contributed by atoms with Crippen molar-refractivity contribution < 1.29 is 57.0 Å². The number of hydrogen-bond acceptors (Lipinski definition) is 12. The fourth-order valence-corrected chi connectivity index (χ4v) is 3.09. The van der Waals surface area contributed by atoms with Crippen molar-refractivity contribution in [1.29, 1.82) is 0 Å². The highest BCUT2D eigenvalue weighted by Gasteiger charge is 2.20. The molecule has 0 aliphatic heterocycles. The molecule has 0 fully saturated rings. The van der Waals surface area contributed by atoms with Crippen molar-refractivity contribution in [2.45, 2.75) is 45.6 Å². The van der Waals surface area contributed by atoms with E-state index in [4.69, 9.17) is 42.6 Å². The molecule has 13 heteroatoms. The first-order valence-corrected chi connectivity index (χ1v) is 14.4. The van der Waals surface area contributed by atoms with Gasteiger partial charge in [-0.25, -0.2) is 0 Å². The van der Waals surface area contributed by atoms with Gasteiger partial charge in [-0.05, 0) is 20.8 Å². The number of esters is 2. The van der Waals surface area contributed by atoms with Gasteiger partial charge >= 0.3 is 11.9 Å². The number of hydrogen-bond donors (Lipinski definition) is 0. The Morgan fingerprint density at radius 3 is 1.43 bits per heavy atom. The van der Waals surface area contributed by atoms with Gasteiger partial charge in [0.15, 0.2) is 0 Å². The summed E-state index contributed by atoms with van der Waals surface area (Å²) in [6.45, 7) is 15.0. The molecule has 13 nitrogen and oxygen atoms in total. The zero-order chi connectivity index (χ0) is 31.3. The van der Waals surface area contributed by atoms with Crippen LogP contribution < -0.4 is 0 Å². The lowest BCUT2D eigenvalue weighted by atomic mass is 10.2. The predicted molar refractivity (Wildman–Crippen MR) is 154 cm³/mol. The van der Waals surface area contributed by atoms with Crippen molar-refractivity contribution in [3.05, 3.63) is 12.7 Å². The fraction of sp³-hybridized carbons (Fsp3) is 0.828. The summed E-state index contributed by atoms with van der Waals surface area (Å²) in [6.07, 6.45) is 1.61. The van der Waals surface area contributed by atoms with Crippen LogP contribution in [0.1, 0.15) is 40.0 Å². The first-order chi connectivity index (χ1) is 20.2. The van der Waals surface area contributed by atoms with E-state index in [1.54, 1.807) is 27.9 Å². The maximum absolute atomic E-state index is 12.7. The molecule has 42 heavy (non-hydrogen) atoms. The minimum absolute atomic E-state index is 0.0110. The van der Waals surface area contributed by atoms with Crippen molar-refractivity contribution in [3.63, 3.8) is 0 Å². The SMILES string of the molecule is C=CCOC(=O)CCN(CCC(=O)OC(C)(C)C)C(=O)CCOCCOCCOCCOCCOCCOCCOC. The van der Waals surface area contributed by atoms with Crippen molar-refractivity contribution >= 4 is 17.8 Å². The Morgan fingerprint density at radius 1 is 0.619 bits per heavy atom. The van der Waals surface area contributed by atoms with Gasteiger partial charge in [-0.15, -0.1) is 0 Å². The summed E-state index contributed by atoms with van der Waals surface area (Å²) in [5, 5.41) is 0. The number of carbonyl (C=O) groups excluding carboxylic acids is 3. The van der Waals surface area contributed by atoms with Crippen LogP contribution in [0.25, 0.3) is 0 Å². The van der Waals surface area contributed by atoms with Gasteiger partial charge in [-0.3, -0.25) is 14.4 Å². The molecule has 0 saturated carbocycles. The van der Waals surface area contributed by atoms with Crippen LogP contribution in [-0.4, -0.2) is 141 Å². The number of carbonyl (C=O) groups is 3. The molecule has 0 bridgehead atoms. The van der Waals surface area contributed by atoms with Crippen LogP contribution in [-0.2, 0) is 57.0 Å². The molecule has 0 aromatic carbocycles. The van der Waals surface area contributed by atoms with Gasteiger partial charge in [0.05, 0.1) is 105 Å². The summed E-state index contributed by atoms with van der Waals surface area (Å²) in [4.78, 5) is 38.1. The largest absolute Gasteiger partial charge is 0.461 e. The van der Waals surface area contributed by atoms with E-state index in [0.717, 1.165) is 0 Å². The van der Waals surface area contributed by atoms with E-state index in [1.165, 1.54) is 11.0 Å². The van der Waals surface area contributed by atoms with Gasteiger partial charge in [0.1, 0.15) is 12.2 Å². The molecular formula is C29H53NO12. The second-order valence-corrected chi connectivity index (χ2v) is 9.86. The molecule has 0 aromatic heterocycles. The van der Waals surface area contributed by atoms with Gasteiger partial charge < -0.3 is 47.5 Å². The quantitative estimate of drug-likeness (QED) is 0.0696. The monoisotopic (exact) mass is 607 g/mol. The van der Waals surface area contributed by atoms with Crippen LogP contribution in [0.3, 0.4) is 0 Å². The molecule has 0 N–H and O–H groups in total. The lowest BCUT2D eigenvalue weighted by molar-refractivity contribution is -0.155. The van der Waals surface area contributed by atoms with E-state index in [-0.39, 0.29) is 51.5 Å². The average Bonchev–Trinajstić information content (AvgIpc) is 2.93. The number of nitrogens with zero attached hydrogens (tertiary/aromatic N) is 1. The molecule has 246 valence electrons. The first-order valence-electron chi connectivity index (χ1n) is 14.4. The van der Waals surface area contributed by atoms with Crippen LogP contribution in [0, 0.1) is 0 Å². The van der Waals surface area contributed by atoms with Gasteiger partial charge in [0.25, 0.3) is 0 Å². The van der Waals surface area contributed by atoms with E-state index >= 15 is 0 Å². The van der Waals surface area contributed by atoms with E-state index in [0.29, 0.717) is 79.3 Å². The Labute approximate surface area is 251 Å². The zero-order valence-corrected chi connectivity index (χ0v) is 26.1. The summed E-state index contributed by atoms with van der Waals surface area (Å²) < 4.78 is 47.7. The Bertz CT molecular complexity index is 699. The topological polar surface area (TPSA) is 138 Å². The molecule has 0 radical (unpaired) electrons. The molecule has 0 aromatic rings. The summed E-state index contributed by atoms with van der Waals surface area (Å²) >= 11 is 0. The smallest absolute Gasteiger partial charge is 0.308 e. The van der Waals surface area contributed by atoms with Crippen LogP contribution in [0.15, 0.2) is 12.7 Å². The van der Waals surface area contributed by atoms with Crippen LogP contribution in [0.4, 0.5) is 0 Å². The molecule has 0 unspecified atom stereocenters. The maximum atomic E-state index is 12.7. The number of methoxy groups -OCH3 is 1. The lowest BCUT2D eigenvalue weighted by Gasteiger charge is -2.24. The Hall–Kier alpha value is -2.13. The molecule has 1 amide bonds. The molecule has 0 atom stereocenters. The third-order valence-electron chi connectivity index (χ3n) is 5.06. The maximum Gasteiger partial charge on any atom is 0.308 e. The van der Waals surface area contributed by atoms with E-state index in [9.17, 15) is 14.4 Å². The summed E-state index contributed by atoms with van der Waals surface area (Å²) in [5.41, 5.74) is -0.618. The Balaban J connectivity index is 3.88. The number of amides is 1. The van der Waals surface area contributed by atoms with Crippen LogP contribution in [0.2, 0.25) is 0 Å². The molecule has 0 aliphatic rings. The van der Waals surface area contributed by atoms with Crippen molar-refractivity contribution in [2.75, 3.05) is 113 Å². The zero-order valence-electron chi connectivity index (χ0n) is 26.1. The van der Waals surface area contributed by atoms with E-state index in [1.807, 2.05) is 0 Å². The third-order valence-corrected chi connectivity index (χ3v) is 5.06. The van der Waals surface area contributed by atoms with Crippen molar-refractivity contribution in [2.24, 2.45) is 0 Å². The molecule has 0 heterocycles. The van der Waals surface area contributed by atoms with E-state index in [2.05, 4.69) is 6.58 Å². The van der Waals surface area contributed by atoms with Gasteiger partial charge in [0, 0.05) is 20.2 Å². The van der Waals surface area contributed by atoms with Crippen molar-refractivity contribution in [1.82, 2.24) is 4.90 Å². The van der Waals surface area contributed by atoms with E-state index < -0.39 is 17.5 Å². The predicted octanol–water partition coefficient (Wildman–Crippen LogP) is 1.80. The van der Waals surface area contributed by atoms with Gasteiger partial charge in [-0.1, -0.05) is 12.7 Å². The molecular weight excluding hydrogens is 554 g/mol. The highest BCUT2D eigenvalue weighted by Crippen LogP contribution is 2.09. The normalized spacial score (nSPS) is 11.3. The molecule has 0 aliphatic carbocycles. The molecule has 0 rings (SSSR count). The molecule has 0 saturated heterocycles. The first kappa shape index (κ1) is 39.9. The molecule has 0 spiro atoms. The summed E-state index contributed by atoms with van der Waals surface area (Å²) in [6, 6.07) is 0. The lowest BCUT2D eigenvalue weighted by Crippen LogP contribution is -2.36. The minimum Gasteiger partial charge on any atom is -0.461 e. The summed E-state index contributed by atoms with van der Waals surface area (Å²) in [7, 11) is 1.63. The number of ether oxygens (including phenoxy) is 9. The number of rotatable bonds is 29. The highest BCUT2D eigenvalue weighted by atomic mass is 16.6. The standard InChI is InChI=1S/C29H53NO12/c1-6-12-41-27(32)7-10-30(11-8-28(33)42-29(2,3)4)26(31)9-13-35-16-17-37-20-21-39-24-25-40-23-22-38-19-18-36-15-14-34-5/h6H,1,7-25H2,2-5H3. The Morgan fingerprint density at radius 2 is 1.02 bits per heavy atom. The average molecular weight is 608 g/mol. The summed E-state index contributed by atoms with van der Waals surface area (Å²) in [5.74, 6) is -1.10. The second kappa shape index (κ2) is 27.7.